The summed E-state index contributed by atoms with van der Waals surface area (Å²) in [5.74, 6) is 0.0437. The Bertz CT molecular complexity index is 1300. The number of hydrogen-bond acceptors (Lipinski definition) is 6. The second-order valence-electron chi connectivity index (χ2n) is 7.00. The van der Waals surface area contributed by atoms with Crippen LogP contribution in [0.3, 0.4) is 0 Å². The number of hydrogen-bond donors (Lipinski definition) is 0. The van der Waals surface area contributed by atoms with Crippen LogP contribution in [0.4, 0.5) is 10.3 Å². The van der Waals surface area contributed by atoms with Gasteiger partial charge in [-0.25, -0.2) is 12.8 Å². The number of halogens is 1. The minimum absolute atomic E-state index is 0.0538. The maximum absolute atomic E-state index is 13.3. The van der Waals surface area contributed by atoms with Gasteiger partial charge in [-0.3, -0.25) is 0 Å². The van der Waals surface area contributed by atoms with Gasteiger partial charge < -0.3 is 13.7 Å². The fraction of sp³-hybridized carbons (Fsp3) is 0.136. The first-order valence-electron chi connectivity index (χ1n) is 9.39. The Labute approximate surface area is 172 Å². The van der Waals surface area contributed by atoms with Crippen LogP contribution in [0.25, 0.3) is 11.7 Å². The molecule has 5 rings (SSSR count). The SMILES string of the molecule is O=S(=O)(c1ccc(F)cc1)c1nc(-c2ccco2)oc1N1CCc2ccccc2C1. The number of furan rings is 1. The van der Waals surface area contributed by atoms with Crippen LogP contribution in [0.5, 0.6) is 0 Å². The Morgan fingerprint density at radius 3 is 2.47 bits per heavy atom. The number of anilines is 1. The molecular formula is C22H17FN2O4S. The smallest absolute Gasteiger partial charge is 0.266 e. The first kappa shape index (κ1) is 18.6. The predicted molar refractivity (Wildman–Crippen MR) is 107 cm³/mol. The second-order valence-corrected chi connectivity index (χ2v) is 8.87. The Morgan fingerprint density at radius 1 is 0.967 bits per heavy atom. The third-order valence-corrected chi connectivity index (χ3v) is 6.78. The van der Waals surface area contributed by atoms with Crippen molar-refractivity contribution < 1.29 is 21.6 Å². The molecule has 6 nitrogen and oxygen atoms in total. The Hall–Kier alpha value is -3.39. The third kappa shape index (κ3) is 3.19. The standard InChI is InChI=1S/C22H17FN2O4S/c23-17-7-9-18(10-8-17)30(26,27)21-22(29-20(24-21)19-6-3-13-28-19)25-12-11-15-4-1-2-5-16(15)14-25/h1-10,13H,11-12,14H2. The van der Waals surface area contributed by atoms with E-state index in [0.29, 0.717) is 18.8 Å². The molecule has 3 heterocycles. The van der Waals surface area contributed by atoms with Crippen LogP contribution in [-0.4, -0.2) is 19.9 Å². The van der Waals surface area contributed by atoms with Gasteiger partial charge in [0.25, 0.3) is 5.89 Å². The van der Waals surface area contributed by atoms with Crippen LogP contribution in [0.2, 0.25) is 0 Å². The molecule has 0 amide bonds. The summed E-state index contributed by atoms with van der Waals surface area (Å²) in [6, 6.07) is 16.0. The van der Waals surface area contributed by atoms with Crippen LogP contribution < -0.4 is 4.90 Å². The van der Waals surface area contributed by atoms with Crippen molar-refractivity contribution in [2.75, 3.05) is 11.4 Å². The van der Waals surface area contributed by atoms with Crippen molar-refractivity contribution in [3.8, 4) is 11.7 Å². The van der Waals surface area contributed by atoms with Crippen molar-refractivity contribution in [1.82, 2.24) is 4.98 Å². The molecule has 0 radical (unpaired) electrons. The van der Waals surface area contributed by atoms with Crippen molar-refractivity contribution >= 4 is 15.7 Å². The van der Waals surface area contributed by atoms with Gasteiger partial charge in [0.15, 0.2) is 5.76 Å². The highest BCUT2D eigenvalue weighted by Crippen LogP contribution is 2.36. The van der Waals surface area contributed by atoms with E-state index in [1.54, 1.807) is 12.1 Å². The normalized spacial score (nSPS) is 14.0. The zero-order valence-electron chi connectivity index (χ0n) is 15.8. The lowest BCUT2D eigenvalue weighted by molar-refractivity contribution is 0.502. The van der Waals surface area contributed by atoms with Gasteiger partial charge in [0.1, 0.15) is 5.82 Å². The number of oxazole rings is 1. The summed E-state index contributed by atoms with van der Waals surface area (Å²) in [5.41, 5.74) is 2.33. The fourth-order valence-electron chi connectivity index (χ4n) is 3.57. The van der Waals surface area contributed by atoms with E-state index in [1.807, 2.05) is 23.1 Å². The summed E-state index contributed by atoms with van der Waals surface area (Å²) < 4.78 is 51.3. The minimum Gasteiger partial charge on any atom is -0.459 e. The first-order chi connectivity index (χ1) is 14.5. The van der Waals surface area contributed by atoms with Crippen LogP contribution in [0.15, 0.2) is 85.7 Å². The van der Waals surface area contributed by atoms with Crippen molar-refractivity contribution in [2.24, 2.45) is 0 Å². The molecule has 0 unspecified atom stereocenters. The van der Waals surface area contributed by atoms with Crippen molar-refractivity contribution in [2.45, 2.75) is 22.9 Å². The highest BCUT2D eigenvalue weighted by atomic mass is 32.2. The summed E-state index contributed by atoms with van der Waals surface area (Å²) in [5, 5.41) is -0.208. The van der Waals surface area contributed by atoms with E-state index >= 15 is 0 Å². The molecular weight excluding hydrogens is 407 g/mol. The number of nitrogens with zero attached hydrogens (tertiary/aromatic N) is 2. The zero-order valence-corrected chi connectivity index (χ0v) is 16.6. The largest absolute Gasteiger partial charge is 0.459 e. The fourth-order valence-corrected chi connectivity index (χ4v) is 4.89. The monoisotopic (exact) mass is 424 g/mol. The van der Waals surface area contributed by atoms with E-state index in [-0.39, 0.29) is 21.7 Å². The molecule has 0 saturated carbocycles. The predicted octanol–water partition coefficient (Wildman–Crippen LogP) is 4.47. The molecule has 1 aliphatic heterocycles. The van der Waals surface area contributed by atoms with Gasteiger partial charge in [-0.1, -0.05) is 24.3 Å². The topological polar surface area (TPSA) is 76.5 Å². The van der Waals surface area contributed by atoms with Crippen molar-refractivity contribution in [1.29, 1.82) is 0 Å². The molecule has 0 N–H and O–H groups in total. The molecule has 8 heteroatoms. The Balaban J connectivity index is 1.62. The molecule has 0 saturated heterocycles. The van der Waals surface area contributed by atoms with Gasteiger partial charge in [0.2, 0.25) is 20.7 Å². The van der Waals surface area contributed by atoms with Gasteiger partial charge in [-0.15, -0.1) is 0 Å². The second kappa shape index (κ2) is 7.14. The maximum Gasteiger partial charge on any atom is 0.266 e. The molecule has 0 spiro atoms. The highest BCUT2D eigenvalue weighted by Gasteiger charge is 2.33. The molecule has 4 aromatic rings. The minimum atomic E-state index is -4.04. The van der Waals surface area contributed by atoms with E-state index < -0.39 is 15.7 Å². The molecule has 152 valence electrons. The summed E-state index contributed by atoms with van der Waals surface area (Å²) in [7, 11) is -4.04. The highest BCUT2D eigenvalue weighted by molar-refractivity contribution is 7.91. The average molecular weight is 424 g/mol. The van der Waals surface area contributed by atoms with E-state index in [2.05, 4.69) is 11.1 Å². The van der Waals surface area contributed by atoms with Gasteiger partial charge >= 0.3 is 0 Å². The van der Waals surface area contributed by atoms with Gasteiger partial charge in [0, 0.05) is 13.1 Å². The molecule has 30 heavy (non-hydrogen) atoms. The van der Waals surface area contributed by atoms with Crippen LogP contribution >= 0.6 is 0 Å². The number of aromatic nitrogens is 1. The average Bonchev–Trinajstić information content (AvgIpc) is 3.44. The molecule has 0 bridgehead atoms. The quantitative estimate of drug-likeness (QED) is 0.450. The van der Waals surface area contributed by atoms with E-state index in [4.69, 9.17) is 8.83 Å². The first-order valence-corrected chi connectivity index (χ1v) is 10.9. The maximum atomic E-state index is 13.3. The van der Waals surface area contributed by atoms with Gasteiger partial charge in [0.05, 0.1) is 11.2 Å². The third-order valence-electron chi connectivity index (χ3n) is 5.11. The summed E-state index contributed by atoms with van der Waals surface area (Å²) in [6.07, 6.45) is 2.22. The van der Waals surface area contributed by atoms with Crippen LogP contribution in [0.1, 0.15) is 11.1 Å². The number of rotatable bonds is 4. The van der Waals surface area contributed by atoms with Crippen LogP contribution in [-0.2, 0) is 22.8 Å². The van der Waals surface area contributed by atoms with Gasteiger partial charge in [-0.2, -0.15) is 4.98 Å². The molecule has 0 fully saturated rings. The zero-order chi connectivity index (χ0) is 20.7. The lowest BCUT2D eigenvalue weighted by Gasteiger charge is -2.28. The molecule has 0 aliphatic carbocycles. The molecule has 1 aliphatic rings. The van der Waals surface area contributed by atoms with E-state index in [1.165, 1.54) is 24.0 Å². The summed E-state index contributed by atoms with van der Waals surface area (Å²) in [4.78, 5) is 6.08. The van der Waals surface area contributed by atoms with Crippen molar-refractivity contribution in [3.63, 3.8) is 0 Å². The van der Waals surface area contributed by atoms with E-state index in [9.17, 15) is 12.8 Å². The van der Waals surface area contributed by atoms with E-state index in [0.717, 1.165) is 24.1 Å². The molecule has 2 aromatic heterocycles. The van der Waals surface area contributed by atoms with Crippen LogP contribution in [0, 0.1) is 5.82 Å². The van der Waals surface area contributed by atoms with Gasteiger partial charge in [-0.05, 0) is 53.9 Å². The summed E-state index contributed by atoms with van der Waals surface area (Å²) in [6.45, 7) is 1.07. The Morgan fingerprint density at radius 2 is 1.73 bits per heavy atom. The lowest BCUT2D eigenvalue weighted by atomic mass is 10.0. The number of fused-ring (bicyclic) bond motifs is 1. The van der Waals surface area contributed by atoms with Crippen molar-refractivity contribution in [3.05, 3.63) is 83.9 Å². The molecule has 0 atom stereocenters. The summed E-state index contributed by atoms with van der Waals surface area (Å²) >= 11 is 0. The number of sulfone groups is 1. The molecule has 2 aromatic carbocycles. The Kier molecular flexibility index (Phi) is 4.43. The number of benzene rings is 2. The lowest BCUT2D eigenvalue weighted by Crippen LogP contribution is -2.31.